The lowest BCUT2D eigenvalue weighted by Gasteiger charge is -2.17. The number of sulfonamides is 1. The molecule has 0 aliphatic rings. The van der Waals surface area contributed by atoms with Gasteiger partial charge >= 0.3 is 0 Å². The number of nitrogens with one attached hydrogen (secondary N) is 1. The standard InChI is InChI=1S/C12H19NO3S2/c1-9(2)10(3)18(15,16)13-11-6-5-7-12(8-11)17(4)14/h5-10,13H,1-4H3/t10-,17-/m0/s1. The predicted molar refractivity (Wildman–Crippen MR) is 75.6 cm³/mol. The van der Waals surface area contributed by atoms with Gasteiger partial charge < -0.3 is 0 Å². The van der Waals surface area contributed by atoms with Crippen LogP contribution < -0.4 is 4.72 Å². The molecular formula is C12H19NO3S2. The molecule has 0 saturated heterocycles. The van der Waals surface area contributed by atoms with Gasteiger partial charge in [-0.15, -0.1) is 0 Å². The third-order valence-corrected chi connectivity index (χ3v) is 5.82. The van der Waals surface area contributed by atoms with Gasteiger partial charge in [-0.2, -0.15) is 0 Å². The van der Waals surface area contributed by atoms with E-state index in [0.717, 1.165) is 0 Å². The molecule has 0 aromatic heterocycles. The molecule has 0 aliphatic carbocycles. The molecule has 0 unspecified atom stereocenters. The van der Waals surface area contributed by atoms with Gasteiger partial charge in [0.25, 0.3) is 0 Å². The van der Waals surface area contributed by atoms with Gasteiger partial charge in [0.1, 0.15) is 0 Å². The highest BCUT2D eigenvalue weighted by atomic mass is 32.2. The quantitative estimate of drug-likeness (QED) is 0.904. The first kappa shape index (κ1) is 15.2. The minimum atomic E-state index is -3.40. The summed E-state index contributed by atoms with van der Waals surface area (Å²) >= 11 is 0. The third-order valence-electron chi connectivity index (χ3n) is 2.85. The van der Waals surface area contributed by atoms with E-state index in [1.54, 1.807) is 37.4 Å². The van der Waals surface area contributed by atoms with Crippen LogP contribution in [0.1, 0.15) is 20.8 Å². The van der Waals surface area contributed by atoms with Crippen molar-refractivity contribution in [2.45, 2.75) is 30.9 Å². The summed E-state index contributed by atoms with van der Waals surface area (Å²) in [6.45, 7) is 5.40. The lowest BCUT2D eigenvalue weighted by atomic mass is 10.2. The molecule has 1 aromatic carbocycles. The van der Waals surface area contributed by atoms with Crippen LogP contribution in [0.15, 0.2) is 29.2 Å². The van der Waals surface area contributed by atoms with E-state index >= 15 is 0 Å². The van der Waals surface area contributed by atoms with Crippen molar-refractivity contribution in [2.24, 2.45) is 5.92 Å². The Kier molecular flexibility index (Phi) is 4.92. The van der Waals surface area contributed by atoms with Crippen LogP contribution in [-0.2, 0) is 20.8 Å². The highest BCUT2D eigenvalue weighted by Crippen LogP contribution is 2.18. The van der Waals surface area contributed by atoms with Crippen LogP contribution in [0.25, 0.3) is 0 Å². The Morgan fingerprint density at radius 3 is 2.33 bits per heavy atom. The van der Waals surface area contributed by atoms with Crippen molar-refractivity contribution in [1.29, 1.82) is 0 Å². The van der Waals surface area contributed by atoms with E-state index in [-0.39, 0.29) is 5.92 Å². The maximum Gasteiger partial charge on any atom is 0.235 e. The summed E-state index contributed by atoms with van der Waals surface area (Å²) in [5, 5.41) is -0.478. The second-order valence-electron chi connectivity index (χ2n) is 4.58. The van der Waals surface area contributed by atoms with Gasteiger partial charge in [-0.05, 0) is 31.0 Å². The zero-order chi connectivity index (χ0) is 13.9. The first-order valence-electron chi connectivity index (χ1n) is 5.69. The average molecular weight is 289 g/mol. The van der Waals surface area contributed by atoms with Gasteiger partial charge in [-0.3, -0.25) is 8.93 Å². The monoisotopic (exact) mass is 289 g/mol. The number of anilines is 1. The molecule has 6 heteroatoms. The molecule has 1 aromatic rings. The van der Waals surface area contributed by atoms with Crippen LogP contribution in [0.4, 0.5) is 5.69 Å². The SMILES string of the molecule is CC(C)[C@H](C)S(=O)(=O)Nc1cccc([S@](C)=O)c1. The number of hydrogen-bond donors (Lipinski definition) is 1. The lowest BCUT2D eigenvalue weighted by Crippen LogP contribution is -2.29. The molecule has 0 amide bonds. The maximum absolute atomic E-state index is 12.0. The fraction of sp³-hybridized carbons (Fsp3) is 0.500. The normalized spacial score (nSPS) is 15.4. The Labute approximate surface area is 111 Å². The topological polar surface area (TPSA) is 63.2 Å². The molecule has 1 N–H and O–H groups in total. The maximum atomic E-state index is 12.0. The van der Waals surface area contributed by atoms with Crippen LogP contribution >= 0.6 is 0 Å². The summed E-state index contributed by atoms with van der Waals surface area (Å²) in [6.07, 6.45) is 1.56. The number of benzene rings is 1. The first-order valence-corrected chi connectivity index (χ1v) is 8.79. The minimum Gasteiger partial charge on any atom is -0.283 e. The van der Waals surface area contributed by atoms with Gasteiger partial charge in [0.2, 0.25) is 10.0 Å². The molecule has 0 heterocycles. The summed E-state index contributed by atoms with van der Waals surface area (Å²) in [5.41, 5.74) is 0.454. The Balaban J connectivity index is 2.98. The van der Waals surface area contributed by atoms with Crippen molar-refractivity contribution in [3.05, 3.63) is 24.3 Å². The van der Waals surface area contributed by atoms with E-state index in [1.165, 1.54) is 0 Å². The van der Waals surface area contributed by atoms with Gasteiger partial charge in [0.05, 0.1) is 5.25 Å². The van der Waals surface area contributed by atoms with Gasteiger partial charge in [0.15, 0.2) is 0 Å². The highest BCUT2D eigenvalue weighted by molar-refractivity contribution is 7.93. The summed E-state index contributed by atoms with van der Waals surface area (Å²) in [5.74, 6) is 0.0333. The van der Waals surface area contributed by atoms with Crippen LogP contribution in [-0.4, -0.2) is 24.1 Å². The summed E-state index contributed by atoms with van der Waals surface area (Å²) < 4.78 is 37.9. The van der Waals surface area contributed by atoms with Crippen molar-refractivity contribution in [1.82, 2.24) is 0 Å². The van der Waals surface area contributed by atoms with Crippen molar-refractivity contribution < 1.29 is 12.6 Å². The average Bonchev–Trinajstić information content (AvgIpc) is 2.27. The van der Waals surface area contributed by atoms with Gasteiger partial charge in [-0.25, -0.2) is 8.42 Å². The Morgan fingerprint density at radius 2 is 1.83 bits per heavy atom. The molecule has 0 radical (unpaired) electrons. The fourth-order valence-corrected chi connectivity index (χ4v) is 3.28. The second-order valence-corrected chi connectivity index (χ2v) is 8.00. The van der Waals surface area contributed by atoms with E-state index < -0.39 is 26.1 Å². The molecule has 102 valence electrons. The van der Waals surface area contributed by atoms with Crippen LogP contribution in [0, 0.1) is 5.92 Å². The van der Waals surface area contributed by atoms with Gasteiger partial charge in [-0.1, -0.05) is 19.9 Å². The summed E-state index contributed by atoms with van der Waals surface area (Å²) in [4.78, 5) is 0.604. The summed E-state index contributed by atoms with van der Waals surface area (Å²) in [7, 11) is -4.53. The van der Waals surface area contributed by atoms with E-state index in [2.05, 4.69) is 4.72 Å². The molecule has 4 nitrogen and oxygen atoms in total. The molecule has 0 bridgehead atoms. The number of rotatable bonds is 5. The molecule has 0 spiro atoms. The molecule has 0 saturated carbocycles. The first-order chi connectivity index (χ1) is 8.24. The third kappa shape index (κ3) is 3.81. The highest BCUT2D eigenvalue weighted by Gasteiger charge is 2.23. The van der Waals surface area contributed by atoms with Crippen molar-refractivity contribution in [2.75, 3.05) is 11.0 Å². The van der Waals surface area contributed by atoms with E-state index in [0.29, 0.717) is 10.6 Å². The Hall–Kier alpha value is -0.880. The smallest absolute Gasteiger partial charge is 0.235 e. The molecule has 2 atom stereocenters. The Morgan fingerprint density at radius 1 is 1.22 bits per heavy atom. The lowest BCUT2D eigenvalue weighted by molar-refractivity contribution is 0.550. The van der Waals surface area contributed by atoms with Crippen LogP contribution in [0.2, 0.25) is 0 Å². The second kappa shape index (κ2) is 5.84. The van der Waals surface area contributed by atoms with Crippen molar-refractivity contribution in [3.63, 3.8) is 0 Å². The molecule has 0 fully saturated rings. The van der Waals surface area contributed by atoms with Crippen molar-refractivity contribution >= 4 is 26.5 Å². The molecule has 0 aliphatic heterocycles. The van der Waals surface area contributed by atoms with E-state index in [4.69, 9.17) is 0 Å². The van der Waals surface area contributed by atoms with Crippen LogP contribution in [0.5, 0.6) is 0 Å². The van der Waals surface area contributed by atoms with Crippen molar-refractivity contribution in [3.8, 4) is 0 Å². The largest absolute Gasteiger partial charge is 0.283 e. The van der Waals surface area contributed by atoms with E-state index in [9.17, 15) is 12.6 Å². The summed E-state index contributed by atoms with van der Waals surface area (Å²) in [6, 6.07) is 6.65. The fourth-order valence-electron chi connectivity index (χ4n) is 1.35. The molecule has 18 heavy (non-hydrogen) atoms. The zero-order valence-corrected chi connectivity index (χ0v) is 12.6. The van der Waals surface area contributed by atoms with E-state index in [1.807, 2.05) is 13.8 Å². The number of hydrogen-bond acceptors (Lipinski definition) is 3. The Bertz CT molecular complexity index is 538. The molecule has 1 rings (SSSR count). The minimum absolute atomic E-state index is 0.0333. The van der Waals surface area contributed by atoms with Crippen LogP contribution in [0.3, 0.4) is 0 Å². The van der Waals surface area contributed by atoms with Gasteiger partial charge in [0, 0.05) is 27.6 Å². The zero-order valence-electron chi connectivity index (χ0n) is 11.0. The predicted octanol–water partition coefficient (Wildman–Crippen LogP) is 2.21. The molecular weight excluding hydrogens is 270 g/mol.